The molecule has 11 heteroatoms. The maximum absolute atomic E-state index is 13.3. The second-order valence-electron chi connectivity index (χ2n) is 6.74. The first-order valence-corrected chi connectivity index (χ1v) is 8.59. The third kappa shape index (κ3) is 7.65. The van der Waals surface area contributed by atoms with Gasteiger partial charge in [0.2, 0.25) is 0 Å². The van der Waals surface area contributed by atoms with Crippen LogP contribution in [0.2, 0.25) is 0 Å². The molecule has 0 aliphatic rings. The zero-order chi connectivity index (χ0) is 21.5. The van der Waals surface area contributed by atoms with Crippen LogP contribution in [0.5, 0.6) is 0 Å². The van der Waals surface area contributed by atoms with Gasteiger partial charge in [0.1, 0.15) is 0 Å². The lowest BCUT2D eigenvalue weighted by Crippen LogP contribution is -2.60. The lowest BCUT2D eigenvalue weighted by Gasteiger charge is -2.33. The minimum atomic E-state index is -6.82. The molecule has 0 N–H and O–H groups in total. The number of alkyl halides is 10. The fourth-order valence-corrected chi connectivity index (χ4v) is 2.40. The lowest BCUT2D eigenvalue weighted by molar-refractivity contribution is -0.396. The molecule has 0 rings (SSSR count). The van der Waals surface area contributed by atoms with Crippen LogP contribution in [0.3, 0.4) is 0 Å². The summed E-state index contributed by atoms with van der Waals surface area (Å²) in [4.78, 5) is 1.87. The first kappa shape index (κ1) is 26.3. The summed E-state index contributed by atoms with van der Waals surface area (Å²) in [5.41, 5.74) is 0. The maximum Gasteiger partial charge on any atom is 0.460 e. The van der Waals surface area contributed by atoms with Gasteiger partial charge in [0.05, 0.1) is 6.17 Å². The molecule has 1 unspecified atom stereocenters. The van der Waals surface area contributed by atoms with Crippen LogP contribution in [0, 0.1) is 0 Å². The van der Waals surface area contributed by atoms with Crippen LogP contribution < -0.4 is 0 Å². The SMILES string of the molecule is CC(F)CCCN(C)CCCCCCC(F)(F)C(F)(F)C(F)(F)C(F)(F)F. The second kappa shape index (κ2) is 10.2. The second-order valence-corrected chi connectivity index (χ2v) is 6.74. The Morgan fingerprint density at radius 3 is 1.67 bits per heavy atom. The summed E-state index contributed by atoms with van der Waals surface area (Å²) in [6.07, 6.45) is -8.23. The van der Waals surface area contributed by atoms with E-state index in [0.717, 1.165) is 0 Å². The molecule has 0 radical (unpaired) electrons. The Kier molecular flexibility index (Phi) is 9.88. The molecular formula is C16H25F10N. The minimum Gasteiger partial charge on any atom is -0.306 e. The summed E-state index contributed by atoms with van der Waals surface area (Å²) < 4.78 is 127. The van der Waals surface area contributed by atoms with Gasteiger partial charge in [-0.25, -0.2) is 4.39 Å². The summed E-state index contributed by atoms with van der Waals surface area (Å²) in [5, 5.41) is 0. The molecule has 0 amide bonds. The van der Waals surface area contributed by atoms with E-state index in [1.54, 1.807) is 7.05 Å². The Morgan fingerprint density at radius 2 is 1.19 bits per heavy atom. The Balaban J connectivity index is 4.26. The van der Waals surface area contributed by atoms with Gasteiger partial charge in [-0.3, -0.25) is 0 Å². The first-order valence-electron chi connectivity index (χ1n) is 8.59. The van der Waals surface area contributed by atoms with E-state index in [1.807, 2.05) is 4.90 Å². The normalized spacial score (nSPS) is 15.4. The maximum atomic E-state index is 13.3. The highest BCUT2D eigenvalue weighted by Gasteiger charge is 2.81. The van der Waals surface area contributed by atoms with Crippen LogP contribution >= 0.6 is 0 Å². The number of unbranched alkanes of at least 4 members (excludes halogenated alkanes) is 3. The standard InChI is InChI=1S/C16H25F10N/c1-12(17)8-7-11-27(2)10-6-4-3-5-9-13(18,19)14(20,21)15(22,23)16(24,25)26/h12H,3-11H2,1-2H3. The number of nitrogens with zero attached hydrogens (tertiary/aromatic N) is 1. The van der Waals surface area contributed by atoms with E-state index in [4.69, 9.17) is 0 Å². The molecule has 0 aromatic carbocycles. The molecule has 27 heavy (non-hydrogen) atoms. The van der Waals surface area contributed by atoms with Gasteiger partial charge in [-0.1, -0.05) is 12.8 Å². The number of hydrogen-bond acceptors (Lipinski definition) is 1. The highest BCUT2D eigenvalue weighted by atomic mass is 19.4. The van der Waals surface area contributed by atoms with E-state index in [-0.39, 0.29) is 6.42 Å². The Bertz CT molecular complexity index is 420. The molecule has 0 aliphatic carbocycles. The largest absolute Gasteiger partial charge is 0.460 e. The van der Waals surface area contributed by atoms with E-state index in [2.05, 4.69) is 0 Å². The summed E-state index contributed by atoms with van der Waals surface area (Å²) in [6.45, 7) is 2.59. The fraction of sp³-hybridized carbons (Fsp3) is 1.00. The van der Waals surface area contributed by atoms with Crippen LogP contribution in [0.25, 0.3) is 0 Å². The highest BCUT2D eigenvalue weighted by Crippen LogP contribution is 2.54. The van der Waals surface area contributed by atoms with Crippen LogP contribution in [0.4, 0.5) is 43.9 Å². The number of hydrogen-bond donors (Lipinski definition) is 0. The molecule has 1 atom stereocenters. The molecule has 0 saturated carbocycles. The average molecular weight is 421 g/mol. The van der Waals surface area contributed by atoms with Gasteiger partial charge >= 0.3 is 23.9 Å². The molecule has 164 valence electrons. The predicted octanol–water partition coefficient (Wildman–Crippen LogP) is 6.48. The van der Waals surface area contributed by atoms with Crippen LogP contribution in [-0.4, -0.2) is 55.2 Å². The van der Waals surface area contributed by atoms with Crippen molar-refractivity contribution in [2.45, 2.75) is 82.0 Å². The summed E-state index contributed by atoms with van der Waals surface area (Å²) in [7, 11) is 1.76. The Hall–Kier alpha value is -0.740. The molecule has 1 nitrogen and oxygen atoms in total. The fourth-order valence-electron chi connectivity index (χ4n) is 2.40. The molecular weight excluding hydrogens is 396 g/mol. The number of rotatable bonds is 13. The van der Waals surface area contributed by atoms with Gasteiger partial charge in [0, 0.05) is 6.42 Å². The van der Waals surface area contributed by atoms with Crippen molar-refractivity contribution in [2.75, 3.05) is 20.1 Å². The van der Waals surface area contributed by atoms with Crippen molar-refractivity contribution in [3.8, 4) is 0 Å². The van der Waals surface area contributed by atoms with Gasteiger partial charge in [-0.05, 0) is 52.7 Å². The van der Waals surface area contributed by atoms with Crippen molar-refractivity contribution in [1.82, 2.24) is 4.90 Å². The molecule has 0 bridgehead atoms. The molecule has 0 heterocycles. The van der Waals surface area contributed by atoms with Gasteiger partial charge in [0.25, 0.3) is 0 Å². The quantitative estimate of drug-likeness (QED) is 0.243. The van der Waals surface area contributed by atoms with Crippen molar-refractivity contribution in [1.29, 1.82) is 0 Å². The highest BCUT2D eigenvalue weighted by molar-refractivity contribution is 5.00. The summed E-state index contributed by atoms with van der Waals surface area (Å²) in [5.74, 6) is -18.8. The van der Waals surface area contributed by atoms with Crippen LogP contribution in [0.1, 0.15) is 51.9 Å². The topological polar surface area (TPSA) is 3.24 Å². The predicted molar refractivity (Wildman–Crippen MR) is 81.3 cm³/mol. The van der Waals surface area contributed by atoms with E-state index < -0.39 is 43.0 Å². The zero-order valence-electron chi connectivity index (χ0n) is 15.2. The average Bonchev–Trinajstić information content (AvgIpc) is 2.48. The molecule has 0 aromatic heterocycles. The van der Waals surface area contributed by atoms with Crippen molar-refractivity contribution in [3.05, 3.63) is 0 Å². The summed E-state index contributed by atoms with van der Waals surface area (Å²) >= 11 is 0. The first-order chi connectivity index (χ1) is 12.1. The third-order valence-electron chi connectivity index (χ3n) is 4.13. The molecule has 0 aromatic rings. The zero-order valence-corrected chi connectivity index (χ0v) is 15.2. The Labute approximate surface area is 152 Å². The van der Waals surface area contributed by atoms with Gasteiger partial charge in [-0.2, -0.15) is 39.5 Å². The van der Waals surface area contributed by atoms with Crippen molar-refractivity contribution in [2.24, 2.45) is 0 Å². The van der Waals surface area contributed by atoms with Gasteiger partial charge < -0.3 is 4.90 Å². The van der Waals surface area contributed by atoms with E-state index in [0.29, 0.717) is 38.8 Å². The van der Waals surface area contributed by atoms with Crippen LogP contribution in [-0.2, 0) is 0 Å². The third-order valence-corrected chi connectivity index (χ3v) is 4.13. The molecule has 0 aliphatic heterocycles. The van der Waals surface area contributed by atoms with Crippen molar-refractivity contribution in [3.63, 3.8) is 0 Å². The van der Waals surface area contributed by atoms with Crippen molar-refractivity contribution < 1.29 is 43.9 Å². The molecule has 0 fully saturated rings. The van der Waals surface area contributed by atoms with E-state index >= 15 is 0 Å². The molecule has 0 saturated heterocycles. The Morgan fingerprint density at radius 1 is 0.704 bits per heavy atom. The van der Waals surface area contributed by atoms with Crippen molar-refractivity contribution >= 4 is 0 Å². The van der Waals surface area contributed by atoms with E-state index in [9.17, 15) is 43.9 Å². The van der Waals surface area contributed by atoms with Crippen LogP contribution in [0.15, 0.2) is 0 Å². The molecule has 0 spiro atoms. The van der Waals surface area contributed by atoms with Gasteiger partial charge in [-0.15, -0.1) is 0 Å². The smallest absolute Gasteiger partial charge is 0.306 e. The van der Waals surface area contributed by atoms with Gasteiger partial charge in [0.15, 0.2) is 0 Å². The lowest BCUT2D eigenvalue weighted by atomic mass is 9.98. The monoisotopic (exact) mass is 421 g/mol. The van der Waals surface area contributed by atoms with E-state index in [1.165, 1.54) is 6.92 Å². The minimum absolute atomic E-state index is 0.0153. The number of halogens is 10. The summed E-state index contributed by atoms with van der Waals surface area (Å²) in [6, 6.07) is 0.